The standard InChI is InChI=1S/C10H17NOS/c1-10(2,3)5-4-9(12)8-6-13-7-11-8/h6-7,9,12H,4-5H2,1-3H3. The van der Waals surface area contributed by atoms with Crippen molar-refractivity contribution >= 4 is 11.3 Å². The maximum atomic E-state index is 9.72. The fraction of sp³-hybridized carbons (Fsp3) is 0.700. The third-order valence-corrected chi connectivity index (χ3v) is 2.57. The van der Waals surface area contributed by atoms with Crippen LogP contribution in [0.1, 0.15) is 45.4 Å². The Morgan fingerprint density at radius 2 is 2.23 bits per heavy atom. The monoisotopic (exact) mass is 199 g/mol. The molecule has 1 rings (SSSR count). The Bertz CT molecular complexity index is 238. The second-order valence-corrected chi connectivity index (χ2v) is 5.25. The van der Waals surface area contributed by atoms with E-state index in [9.17, 15) is 5.11 Å². The average Bonchev–Trinajstić information content (AvgIpc) is 2.50. The first kappa shape index (κ1) is 10.7. The zero-order valence-electron chi connectivity index (χ0n) is 8.45. The van der Waals surface area contributed by atoms with Crippen LogP contribution in [0, 0.1) is 5.41 Å². The molecule has 0 amide bonds. The molecule has 1 unspecified atom stereocenters. The minimum atomic E-state index is -0.384. The van der Waals surface area contributed by atoms with Gasteiger partial charge in [-0.25, -0.2) is 4.98 Å². The molecular weight excluding hydrogens is 182 g/mol. The second-order valence-electron chi connectivity index (χ2n) is 4.53. The molecule has 1 aromatic heterocycles. The highest BCUT2D eigenvalue weighted by molar-refractivity contribution is 7.07. The van der Waals surface area contributed by atoms with Crippen LogP contribution >= 0.6 is 11.3 Å². The molecule has 0 saturated heterocycles. The van der Waals surface area contributed by atoms with Crippen molar-refractivity contribution in [3.8, 4) is 0 Å². The van der Waals surface area contributed by atoms with E-state index in [2.05, 4.69) is 25.8 Å². The van der Waals surface area contributed by atoms with Crippen molar-refractivity contribution < 1.29 is 5.11 Å². The second kappa shape index (κ2) is 4.20. The lowest BCUT2D eigenvalue weighted by Gasteiger charge is -2.19. The quantitative estimate of drug-likeness (QED) is 0.811. The normalized spacial score (nSPS) is 14.5. The Balaban J connectivity index is 2.39. The van der Waals surface area contributed by atoms with E-state index in [1.807, 2.05) is 5.38 Å². The van der Waals surface area contributed by atoms with Gasteiger partial charge in [-0.2, -0.15) is 0 Å². The first-order valence-electron chi connectivity index (χ1n) is 4.55. The number of hydrogen-bond acceptors (Lipinski definition) is 3. The highest BCUT2D eigenvalue weighted by atomic mass is 32.1. The summed E-state index contributed by atoms with van der Waals surface area (Å²) in [6, 6.07) is 0. The molecule has 1 aromatic rings. The molecule has 0 fully saturated rings. The Hall–Kier alpha value is -0.410. The van der Waals surface area contributed by atoms with Crippen molar-refractivity contribution in [3.05, 3.63) is 16.6 Å². The first-order valence-corrected chi connectivity index (χ1v) is 5.49. The van der Waals surface area contributed by atoms with E-state index < -0.39 is 0 Å². The van der Waals surface area contributed by atoms with Crippen molar-refractivity contribution in [1.29, 1.82) is 0 Å². The van der Waals surface area contributed by atoms with Crippen molar-refractivity contribution in [2.24, 2.45) is 5.41 Å². The van der Waals surface area contributed by atoms with Crippen molar-refractivity contribution in [2.45, 2.75) is 39.7 Å². The molecule has 0 saturated carbocycles. The number of aromatic nitrogens is 1. The van der Waals surface area contributed by atoms with Crippen LogP contribution in [-0.4, -0.2) is 10.1 Å². The van der Waals surface area contributed by atoms with Gasteiger partial charge in [0.25, 0.3) is 0 Å². The Morgan fingerprint density at radius 1 is 1.54 bits per heavy atom. The lowest BCUT2D eigenvalue weighted by atomic mass is 9.89. The van der Waals surface area contributed by atoms with Crippen molar-refractivity contribution in [1.82, 2.24) is 4.98 Å². The predicted octanol–water partition coefficient (Wildman–Crippen LogP) is 3.00. The highest BCUT2D eigenvalue weighted by Gasteiger charge is 2.15. The lowest BCUT2D eigenvalue weighted by Crippen LogP contribution is -2.08. The van der Waals surface area contributed by atoms with Gasteiger partial charge < -0.3 is 5.11 Å². The molecule has 1 N–H and O–H groups in total. The molecule has 0 aliphatic carbocycles. The topological polar surface area (TPSA) is 33.1 Å². The van der Waals surface area contributed by atoms with E-state index in [1.165, 1.54) is 11.3 Å². The molecule has 74 valence electrons. The SMILES string of the molecule is CC(C)(C)CCC(O)c1cscn1. The maximum Gasteiger partial charge on any atom is 0.0968 e. The fourth-order valence-electron chi connectivity index (χ4n) is 1.10. The summed E-state index contributed by atoms with van der Waals surface area (Å²) >= 11 is 1.53. The minimum Gasteiger partial charge on any atom is -0.387 e. The zero-order chi connectivity index (χ0) is 9.90. The van der Waals surface area contributed by atoms with E-state index in [-0.39, 0.29) is 11.5 Å². The molecule has 0 bridgehead atoms. The Morgan fingerprint density at radius 3 is 2.69 bits per heavy atom. The van der Waals surface area contributed by atoms with Gasteiger partial charge in [0.2, 0.25) is 0 Å². The molecular formula is C10H17NOS. The van der Waals surface area contributed by atoms with E-state index in [0.29, 0.717) is 0 Å². The highest BCUT2D eigenvalue weighted by Crippen LogP contribution is 2.26. The van der Waals surface area contributed by atoms with E-state index in [0.717, 1.165) is 18.5 Å². The predicted molar refractivity (Wildman–Crippen MR) is 55.8 cm³/mol. The van der Waals surface area contributed by atoms with Gasteiger partial charge in [-0.3, -0.25) is 0 Å². The van der Waals surface area contributed by atoms with Crippen LogP contribution in [0.2, 0.25) is 0 Å². The van der Waals surface area contributed by atoms with E-state index in [1.54, 1.807) is 5.51 Å². The molecule has 0 radical (unpaired) electrons. The number of aliphatic hydroxyl groups is 1. The first-order chi connectivity index (χ1) is 5.99. The zero-order valence-corrected chi connectivity index (χ0v) is 9.27. The van der Waals surface area contributed by atoms with Crippen LogP contribution in [0.25, 0.3) is 0 Å². The van der Waals surface area contributed by atoms with Crippen molar-refractivity contribution in [2.75, 3.05) is 0 Å². The summed E-state index contributed by atoms with van der Waals surface area (Å²) < 4.78 is 0. The minimum absolute atomic E-state index is 0.289. The van der Waals surface area contributed by atoms with Crippen molar-refractivity contribution in [3.63, 3.8) is 0 Å². The van der Waals surface area contributed by atoms with Crippen LogP contribution in [0.5, 0.6) is 0 Å². The molecule has 13 heavy (non-hydrogen) atoms. The van der Waals surface area contributed by atoms with E-state index >= 15 is 0 Å². The van der Waals surface area contributed by atoms with Crippen LogP contribution in [0.3, 0.4) is 0 Å². The lowest BCUT2D eigenvalue weighted by molar-refractivity contribution is 0.144. The summed E-state index contributed by atoms with van der Waals surface area (Å²) in [5.41, 5.74) is 2.86. The molecule has 2 nitrogen and oxygen atoms in total. The molecule has 0 aliphatic heterocycles. The summed E-state index contributed by atoms with van der Waals surface area (Å²) in [7, 11) is 0. The van der Waals surface area contributed by atoms with Gasteiger partial charge in [-0.05, 0) is 18.3 Å². The molecule has 0 spiro atoms. The van der Waals surface area contributed by atoms with E-state index in [4.69, 9.17) is 0 Å². The number of rotatable bonds is 3. The number of hydrogen-bond donors (Lipinski definition) is 1. The summed E-state index contributed by atoms with van der Waals surface area (Å²) in [6.45, 7) is 6.54. The van der Waals surface area contributed by atoms with Gasteiger partial charge >= 0.3 is 0 Å². The summed E-state index contributed by atoms with van der Waals surface area (Å²) in [5.74, 6) is 0. The Kier molecular flexibility index (Phi) is 3.45. The fourth-order valence-corrected chi connectivity index (χ4v) is 1.70. The number of nitrogens with zero attached hydrogens (tertiary/aromatic N) is 1. The van der Waals surface area contributed by atoms with Gasteiger partial charge in [0.15, 0.2) is 0 Å². The number of thiazole rings is 1. The van der Waals surface area contributed by atoms with Gasteiger partial charge in [0.05, 0.1) is 17.3 Å². The third-order valence-electron chi connectivity index (χ3n) is 1.96. The van der Waals surface area contributed by atoms with Crippen LogP contribution in [0.15, 0.2) is 10.9 Å². The van der Waals surface area contributed by atoms with Gasteiger partial charge in [0, 0.05) is 5.38 Å². The van der Waals surface area contributed by atoms with Crippen LogP contribution in [-0.2, 0) is 0 Å². The number of aliphatic hydroxyl groups excluding tert-OH is 1. The van der Waals surface area contributed by atoms with Gasteiger partial charge in [0.1, 0.15) is 0 Å². The molecule has 0 aromatic carbocycles. The molecule has 0 aliphatic rings. The van der Waals surface area contributed by atoms with Crippen LogP contribution in [0.4, 0.5) is 0 Å². The molecule has 1 atom stereocenters. The third kappa shape index (κ3) is 3.87. The summed E-state index contributed by atoms with van der Waals surface area (Å²) in [6.07, 6.45) is 1.43. The van der Waals surface area contributed by atoms with Crippen LogP contribution < -0.4 is 0 Å². The van der Waals surface area contributed by atoms with Gasteiger partial charge in [-0.1, -0.05) is 20.8 Å². The maximum absolute atomic E-state index is 9.72. The largest absolute Gasteiger partial charge is 0.387 e. The Labute approximate surface area is 83.6 Å². The van der Waals surface area contributed by atoms with Gasteiger partial charge in [-0.15, -0.1) is 11.3 Å². The smallest absolute Gasteiger partial charge is 0.0968 e. The summed E-state index contributed by atoms with van der Waals surface area (Å²) in [4.78, 5) is 4.09. The average molecular weight is 199 g/mol. The molecule has 1 heterocycles. The summed E-state index contributed by atoms with van der Waals surface area (Å²) in [5, 5.41) is 11.6. The molecule has 3 heteroatoms.